The minimum Gasteiger partial charge on any atom is -0.354 e. The Morgan fingerprint density at radius 3 is 2.37 bits per heavy atom. The first-order valence-electron chi connectivity index (χ1n) is 11.3. The van der Waals surface area contributed by atoms with Crippen LogP contribution in [0.1, 0.15) is 69.1 Å². The van der Waals surface area contributed by atoms with Gasteiger partial charge in [-0.2, -0.15) is 0 Å². The summed E-state index contributed by atoms with van der Waals surface area (Å²) in [5.41, 5.74) is 7.08. The summed E-state index contributed by atoms with van der Waals surface area (Å²) in [5, 5.41) is 1.33. The highest BCUT2D eigenvalue weighted by molar-refractivity contribution is 5.92. The van der Waals surface area contributed by atoms with Gasteiger partial charge in [-0.25, -0.2) is 0 Å². The van der Waals surface area contributed by atoms with E-state index in [4.69, 9.17) is 0 Å². The SMILES string of the molecule is Cc1cc(-c2[nH]c3ccc(C4CCN(C(C)C)CC4)cc3c2C(C)C)cn(C)c1=O. The standard InChI is InChI=1S/C26H35N3O/c1-16(2)24-22-14-20(19-9-11-29(12-10-19)17(3)4)7-8-23(22)27-25(24)21-13-18(5)26(30)28(6)15-21/h7-8,13-17,19,27H,9-12H2,1-6H3. The van der Waals surface area contributed by atoms with Crippen LogP contribution >= 0.6 is 0 Å². The van der Waals surface area contributed by atoms with Gasteiger partial charge in [0.05, 0.1) is 5.69 Å². The zero-order chi connectivity index (χ0) is 21.6. The molecule has 0 atom stereocenters. The molecule has 0 radical (unpaired) electrons. The third-order valence-corrected chi connectivity index (χ3v) is 6.82. The van der Waals surface area contributed by atoms with Crippen LogP contribution in [-0.4, -0.2) is 33.6 Å². The Kier molecular flexibility index (Phi) is 5.63. The molecule has 1 saturated heterocycles. The first-order valence-corrected chi connectivity index (χ1v) is 11.3. The Labute approximate surface area is 179 Å². The van der Waals surface area contributed by atoms with Crippen LogP contribution in [0.25, 0.3) is 22.2 Å². The normalized spacial score (nSPS) is 16.3. The van der Waals surface area contributed by atoms with E-state index >= 15 is 0 Å². The fraction of sp³-hybridized carbons (Fsp3) is 0.500. The lowest BCUT2D eigenvalue weighted by Gasteiger charge is -2.34. The van der Waals surface area contributed by atoms with E-state index in [-0.39, 0.29) is 5.56 Å². The third kappa shape index (κ3) is 3.74. The summed E-state index contributed by atoms with van der Waals surface area (Å²) >= 11 is 0. The van der Waals surface area contributed by atoms with E-state index in [9.17, 15) is 4.79 Å². The quantitative estimate of drug-likeness (QED) is 0.618. The molecule has 1 aliphatic rings. The predicted octanol–water partition coefficient (Wildman–Crippen LogP) is 5.55. The van der Waals surface area contributed by atoms with E-state index in [1.807, 2.05) is 26.2 Å². The zero-order valence-corrected chi connectivity index (χ0v) is 19.2. The highest BCUT2D eigenvalue weighted by Crippen LogP contribution is 2.38. The molecule has 3 aromatic rings. The molecule has 1 aliphatic heterocycles. The van der Waals surface area contributed by atoms with E-state index in [0.717, 1.165) is 16.8 Å². The van der Waals surface area contributed by atoms with Gasteiger partial charge < -0.3 is 14.5 Å². The van der Waals surface area contributed by atoms with Crippen LogP contribution in [0.4, 0.5) is 0 Å². The maximum absolute atomic E-state index is 12.2. The number of pyridine rings is 1. The second-order valence-corrected chi connectivity index (χ2v) is 9.61. The van der Waals surface area contributed by atoms with Crippen molar-refractivity contribution in [3.05, 3.63) is 57.5 Å². The van der Waals surface area contributed by atoms with Crippen molar-refractivity contribution < 1.29 is 0 Å². The summed E-state index contributed by atoms with van der Waals surface area (Å²) < 4.78 is 1.69. The molecule has 4 heteroatoms. The van der Waals surface area contributed by atoms with Crippen molar-refractivity contribution >= 4 is 10.9 Å². The Balaban J connectivity index is 1.76. The molecule has 160 valence electrons. The smallest absolute Gasteiger partial charge is 0.253 e. The van der Waals surface area contributed by atoms with Gasteiger partial charge in [0, 0.05) is 41.3 Å². The van der Waals surface area contributed by atoms with Crippen LogP contribution < -0.4 is 5.56 Å². The molecule has 4 nitrogen and oxygen atoms in total. The first kappa shape index (κ1) is 20.9. The topological polar surface area (TPSA) is 41.0 Å². The minimum atomic E-state index is 0.0657. The van der Waals surface area contributed by atoms with Crippen molar-refractivity contribution in [1.29, 1.82) is 0 Å². The van der Waals surface area contributed by atoms with Crippen LogP contribution in [0.5, 0.6) is 0 Å². The lowest BCUT2D eigenvalue weighted by molar-refractivity contribution is 0.172. The number of nitrogens with zero attached hydrogens (tertiary/aromatic N) is 2. The zero-order valence-electron chi connectivity index (χ0n) is 19.2. The average molecular weight is 406 g/mol. The lowest BCUT2D eigenvalue weighted by atomic mass is 9.87. The molecular formula is C26H35N3O. The van der Waals surface area contributed by atoms with Gasteiger partial charge in [-0.05, 0) is 87.9 Å². The number of aromatic amines is 1. The number of aromatic nitrogens is 2. The van der Waals surface area contributed by atoms with E-state index in [1.54, 1.807) is 4.57 Å². The highest BCUT2D eigenvalue weighted by Gasteiger charge is 2.24. The Bertz CT molecular complexity index is 1080. The number of nitrogens with one attached hydrogen (secondary N) is 1. The predicted molar refractivity (Wildman–Crippen MR) is 126 cm³/mol. The molecule has 0 bridgehead atoms. The van der Waals surface area contributed by atoms with Gasteiger partial charge in [0.15, 0.2) is 0 Å². The summed E-state index contributed by atoms with van der Waals surface area (Å²) in [7, 11) is 1.83. The number of likely N-dealkylation sites (tertiary alicyclic amines) is 1. The first-order chi connectivity index (χ1) is 14.3. The van der Waals surface area contributed by atoms with Gasteiger partial charge in [-0.3, -0.25) is 4.79 Å². The molecule has 1 aromatic carbocycles. The van der Waals surface area contributed by atoms with Crippen molar-refractivity contribution in [3.63, 3.8) is 0 Å². The van der Waals surface area contributed by atoms with Gasteiger partial charge in [0.25, 0.3) is 5.56 Å². The number of piperidine rings is 1. The van der Waals surface area contributed by atoms with Crippen molar-refractivity contribution in [2.45, 2.75) is 65.3 Å². The fourth-order valence-corrected chi connectivity index (χ4v) is 5.08. The van der Waals surface area contributed by atoms with Gasteiger partial charge in [-0.15, -0.1) is 0 Å². The molecule has 4 rings (SSSR count). The molecule has 0 unspecified atom stereocenters. The van der Waals surface area contributed by atoms with E-state index in [2.05, 4.69) is 55.8 Å². The van der Waals surface area contributed by atoms with Gasteiger partial charge >= 0.3 is 0 Å². The molecule has 0 amide bonds. The monoisotopic (exact) mass is 405 g/mol. The number of rotatable bonds is 4. The third-order valence-electron chi connectivity index (χ3n) is 6.82. The number of hydrogen-bond donors (Lipinski definition) is 1. The number of aryl methyl sites for hydroxylation is 2. The maximum atomic E-state index is 12.2. The summed E-state index contributed by atoms with van der Waals surface area (Å²) in [6, 6.07) is 9.65. The summed E-state index contributed by atoms with van der Waals surface area (Å²) in [6.07, 6.45) is 4.42. The summed E-state index contributed by atoms with van der Waals surface area (Å²) in [6.45, 7) is 13.4. The second kappa shape index (κ2) is 8.07. The number of hydrogen-bond acceptors (Lipinski definition) is 2. The van der Waals surface area contributed by atoms with Crippen LogP contribution in [0.3, 0.4) is 0 Å². The van der Waals surface area contributed by atoms with Crippen LogP contribution in [0.15, 0.2) is 35.3 Å². The number of H-pyrrole nitrogens is 1. The van der Waals surface area contributed by atoms with Crippen molar-refractivity contribution in [2.24, 2.45) is 7.05 Å². The fourth-order valence-electron chi connectivity index (χ4n) is 5.08. The molecule has 0 saturated carbocycles. The maximum Gasteiger partial charge on any atom is 0.253 e. The number of fused-ring (bicyclic) bond motifs is 1. The molecule has 3 heterocycles. The van der Waals surface area contributed by atoms with E-state index in [0.29, 0.717) is 17.9 Å². The molecular weight excluding hydrogens is 370 g/mol. The van der Waals surface area contributed by atoms with Crippen LogP contribution in [-0.2, 0) is 7.05 Å². The van der Waals surface area contributed by atoms with Crippen molar-refractivity contribution in [2.75, 3.05) is 13.1 Å². The van der Waals surface area contributed by atoms with Crippen LogP contribution in [0.2, 0.25) is 0 Å². The van der Waals surface area contributed by atoms with E-state index < -0.39 is 0 Å². The Morgan fingerprint density at radius 2 is 1.77 bits per heavy atom. The van der Waals surface area contributed by atoms with Crippen molar-refractivity contribution in [3.8, 4) is 11.3 Å². The van der Waals surface area contributed by atoms with Crippen molar-refractivity contribution in [1.82, 2.24) is 14.5 Å². The summed E-state index contributed by atoms with van der Waals surface area (Å²) in [4.78, 5) is 18.4. The van der Waals surface area contributed by atoms with E-state index in [1.165, 1.54) is 48.0 Å². The molecule has 0 aliphatic carbocycles. The molecule has 1 N–H and O–H groups in total. The average Bonchev–Trinajstić information content (AvgIpc) is 3.10. The van der Waals surface area contributed by atoms with Gasteiger partial charge in [0.1, 0.15) is 0 Å². The molecule has 2 aromatic heterocycles. The molecule has 30 heavy (non-hydrogen) atoms. The Morgan fingerprint density at radius 1 is 1.07 bits per heavy atom. The molecule has 1 fully saturated rings. The highest BCUT2D eigenvalue weighted by atomic mass is 16.1. The van der Waals surface area contributed by atoms with Crippen LogP contribution in [0, 0.1) is 6.92 Å². The largest absolute Gasteiger partial charge is 0.354 e. The van der Waals surface area contributed by atoms with Gasteiger partial charge in [-0.1, -0.05) is 19.9 Å². The second-order valence-electron chi connectivity index (χ2n) is 9.61. The van der Waals surface area contributed by atoms with Gasteiger partial charge in [0.2, 0.25) is 0 Å². The lowest BCUT2D eigenvalue weighted by Crippen LogP contribution is -2.37. The minimum absolute atomic E-state index is 0.0657. The summed E-state index contributed by atoms with van der Waals surface area (Å²) in [5.74, 6) is 1.03. The molecule has 0 spiro atoms. The Hall–Kier alpha value is -2.33. The number of benzene rings is 1.